The van der Waals surface area contributed by atoms with E-state index >= 15 is 0 Å². The molecule has 0 fully saturated rings. The predicted octanol–water partition coefficient (Wildman–Crippen LogP) is 3.49. The molecule has 132 valence electrons. The highest BCUT2D eigenvalue weighted by atomic mass is 16.5. The second-order valence-corrected chi connectivity index (χ2v) is 5.87. The van der Waals surface area contributed by atoms with Crippen molar-refractivity contribution in [3.63, 3.8) is 0 Å². The standard InChI is InChI=1S/C20H23NO4/c1-15-8-7-11-17(14-15)25-13-6-5-12-18(22)21-19(20(23)24)16-9-3-2-4-10-16/h2-4,7-11,14,19H,5-6,12-13H2,1H3,(H,21,22)(H,23,24)/t19-/m0/s1. The second kappa shape index (κ2) is 9.47. The molecule has 0 saturated carbocycles. The van der Waals surface area contributed by atoms with Gasteiger partial charge in [-0.15, -0.1) is 0 Å². The maximum Gasteiger partial charge on any atom is 0.330 e. The van der Waals surface area contributed by atoms with E-state index in [4.69, 9.17) is 4.74 Å². The van der Waals surface area contributed by atoms with Crippen molar-refractivity contribution in [2.45, 2.75) is 32.2 Å². The van der Waals surface area contributed by atoms with E-state index in [1.165, 1.54) is 0 Å². The number of aryl methyl sites for hydroxylation is 1. The molecule has 1 atom stereocenters. The molecule has 0 heterocycles. The average Bonchev–Trinajstić information content (AvgIpc) is 2.60. The van der Waals surface area contributed by atoms with Crippen LogP contribution in [0, 0.1) is 6.92 Å². The number of nitrogens with one attached hydrogen (secondary N) is 1. The molecule has 5 heteroatoms. The minimum Gasteiger partial charge on any atom is -0.494 e. The molecule has 0 saturated heterocycles. The minimum absolute atomic E-state index is 0.271. The number of rotatable bonds is 9. The molecule has 2 aromatic carbocycles. The number of benzene rings is 2. The number of carboxylic acid groups (broad SMARTS) is 1. The highest BCUT2D eigenvalue weighted by Crippen LogP contribution is 2.14. The van der Waals surface area contributed by atoms with E-state index in [1.54, 1.807) is 30.3 Å². The third-order valence-electron chi connectivity index (χ3n) is 3.74. The zero-order chi connectivity index (χ0) is 18.1. The molecule has 0 aliphatic heterocycles. The maximum atomic E-state index is 12.0. The Morgan fingerprint density at radius 1 is 1.08 bits per heavy atom. The zero-order valence-electron chi connectivity index (χ0n) is 14.3. The Labute approximate surface area is 147 Å². The van der Waals surface area contributed by atoms with Crippen molar-refractivity contribution in [1.29, 1.82) is 0 Å². The van der Waals surface area contributed by atoms with Gasteiger partial charge in [0.2, 0.25) is 5.91 Å². The molecule has 0 bridgehead atoms. The van der Waals surface area contributed by atoms with Crippen LogP contribution in [0.1, 0.15) is 36.4 Å². The van der Waals surface area contributed by atoms with Gasteiger partial charge in [0.05, 0.1) is 6.61 Å². The smallest absolute Gasteiger partial charge is 0.330 e. The molecule has 2 rings (SSSR count). The monoisotopic (exact) mass is 341 g/mol. The molecule has 0 aliphatic carbocycles. The topological polar surface area (TPSA) is 75.6 Å². The van der Waals surface area contributed by atoms with Gasteiger partial charge in [-0.3, -0.25) is 4.79 Å². The molecule has 0 aromatic heterocycles. The number of hydrogen-bond donors (Lipinski definition) is 2. The number of carboxylic acids is 1. The molecule has 2 aromatic rings. The summed E-state index contributed by atoms with van der Waals surface area (Å²) < 4.78 is 5.63. The van der Waals surface area contributed by atoms with Gasteiger partial charge in [-0.25, -0.2) is 4.79 Å². The van der Waals surface area contributed by atoms with Gasteiger partial charge in [0, 0.05) is 6.42 Å². The predicted molar refractivity (Wildman–Crippen MR) is 95.5 cm³/mol. The first-order valence-corrected chi connectivity index (χ1v) is 8.33. The summed E-state index contributed by atoms with van der Waals surface area (Å²) in [6.45, 7) is 2.53. The van der Waals surface area contributed by atoms with Crippen LogP contribution in [0.2, 0.25) is 0 Å². The number of carbonyl (C=O) groups is 2. The van der Waals surface area contributed by atoms with Crippen molar-refractivity contribution >= 4 is 11.9 Å². The molecule has 0 aliphatic rings. The number of carbonyl (C=O) groups excluding carboxylic acids is 1. The fraction of sp³-hybridized carbons (Fsp3) is 0.300. The first-order chi connectivity index (χ1) is 12.1. The third-order valence-corrected chi connectivity index (χ3v) is 3.74. The molecular formula is C20H23NO4. The van der Waals surface area contributed by atoms with E-state index in [1.807, 2.05) is 31.2 Å². The van der Waals surface area contributed by atoms with E-state index in [0.717, 1.165) is 17.7 Å². The number of aliphatic carboxylic acids is 1. The normalized spacial score (nSPS) is 11.6. The van der Waals surface area contributed by atoms with E-state index in [2.05, 4.69) is 5.32 Å². The van der Waals surface area contributed by atoms with Crippen LogP contribution in [0.3, 0.4) is 0 Å². The number of ether oxygens (including phenoxy) is 1. The summed E-state index contributed by atoms with van der Waals surface area (Å²) in [6.07, 6.45) is 1.64. The van der Waals surface area contributed by atoms with Gasteiger partial charge in [-0.2, -0.15) is 0 Å². The molecule has 1 amide bonds. The molecule has 0 spiro atoms. The van der Waals surface area contributed by atoms with Gasteiger partial charge >= 0.3 is 5.97 Å². The van der Waals surface area contributed by atoms with Gasteiger partial charge in [0.1, 0.15) is 5.75 Å². The first-order valence-electron chi connectivity index (χ1n) is 8.33. The Kier molecular flexibility index (Phi) is 7.01. The van der Waals surface area contributed by atoms with Gasteiger partial charge in [0.25, 0.3) is 0 Å². The second-order valence-electron chi connectivity index (χ2n) is 5.87. The van der Waals surface area contributed by atoms with Gasteiger partial charge in [-0.1, -0.05) is 42.5 Å². The Bertz CT molecular complexity index is 700. The minimum atomic E-state index is -1.07. The first kappa shape index (κ1) is 18.5. The van der Waals surface area contributed by atoms with Crippen LogP contribution in [0.4, 0.5) is 0 Å². The Hall–Kier alpha value is -2.82. The number of unbranched alkanes of at least 4 members (excludes halogenated alkanes) is 1. The quantitative estimate of drug-likeness (QED) is 0.685. The van der Waals surface area contributed by atoms with Crippen LogP contribution in [-0.4, -0.2) is 23.6 Å². The van der Waals surface area contributed by atoms with Gasteiger partial charge in [-0.05, 0) is 43.0 Å². The molecule has 0 radical (unpaired) electrons. The highest BCUT2D eigenvalue weighted by Gasteiger charge is 2.21. The molecule has 0 unspecified atom stereocenters. The van der Waals surface area contributed by atoms with Crippen molar-refractivity contribution < 1.29 is 19.4 Å². The van der Waals surface area contributed by atoms with Crippen molar-refractivity contribution in [1.82, 2.24) is 5.32 Å². The van der Waals surface area contributed by atoms with Crippen molar-refractivity contribution in [2.24, 2.45) is 0 Å². The Balaban J connectivity index is 1.71. The van der Waals surface area contributed by atoms with E-state index in [0.29, 0.717) is 18.6 Å². The van der Waals surface area contributed by atoms with Crippen molar-refractivity contribution in [3.05, 3.63) is 65.7 Å². The van der Waals surface area contributed by atoms with E-state index < -0.39 is 12.0 Å². The fourth-order valence-corrected chi connectivity index (χ4v) is 2.45. The lowest BCUT2D eigenvalue weighted by Crippen LogP contribution is -2.33. The van der Waals surface area contributed by atoms with Gasteiger partial charge < -0.3 is 15.2 Å². The van der Waals surface area contributed by atoms with E-state index in [-0.39, 0.29) is 12.3 Å². The molecule has 25 heavy (non-hydrogen) atoms. The maximum absolute atomic E-state index is 12.0. The molecule has 2 N–H and O–H groups in total. The molecule has 5 nitrogen and oxygen atoms in total. The van der Waals surface area contributed by atoms with Crippen LogP contribution >= 0.6 is 0 Å². The van der Waals surface area contributed by atoms with Crippen molar-refractivity contribution in [2.75, 3.05) is 6.61 Å². The number of amides is 1. The summed E-state index contributed by atoms with van der Waals surface area (Å²) in [7, 11) is 0. The van der Waals surface area contributed by atoms with Crippen LogP contribution in [-0.2, 0) is 9.59 Å². The summed E-state index contributed by atoms with van der Waals surface area (Å²) in [4.78, 5) is 23.4. The van der Waals surface area contributed by atoms with E-state index in [9.17, 15) is 14.7 Å². The largest absolute Gasteiger partial charge is 0.494 e. The SMILES string of the molecule is Cc1cccc(OCCCCC(=O)N[C@H](C(=O)O)c2ccccc2)c1. The number of hydrogen-bond acceptors (Lipinski definition) is 3. The third kappa shape index (κ3) is 6.30. The van der Waals surface area contributed by atoms with Crippen LogP contribution in [0.15, 0.2) is 54.6 Å². The van der Waals surface area contributed by atoms with Crippen LogP contribution in [0.5, 0.6) is 5.75 Å². The Morgan fingerprint density at radius 2 is 1.84 bits per heavy atom. The zero-order valence-corrected chi connectivity index (χ0v) is 14.3. The van der Waals surface area contributed by atoms with Crippen molar-refractivity contribution in [3.8, 4) is 5.75 Å². The fourth-order valence-electron chi connectivity index (χ4n) is 2.45. The van der Waals surface area contributed by atoms with Crippen LogP contribution in [0.25, 0.3) is 0 Å². The summed E-state index contributed by atoms with van der Waals surface area (Å²) >= 11 is 0. The summed E-state index contributed by atoms with van der Waals surface area (Å²) in [5, 5.41) is 11.9. The average molecular weight is 341 g/mol. The Morgan fingerprint density at radius 3 is 2.52 bits per heavy atom. The lowest BCUT2D eigenvalue weighted by atomic mass is 10.1. The summed E-state index contributed by atoms with van der Waals surface area (Å²) in [5.41, 5.74) is 1.70. The molecular weight excluding hydrogens is 318 g/mol. The lowest BCUT2D eigenvalue weighted by Gasteiger charge is -2.15. The summed E-state index contributed by atoms with van der Waals surface area (Å²) in [5.74, 6) is -0.520. The lowest BCUT2D eigenvalue weighted by molar-refractivity contribution is -0.142. The van der Waals surface area contributed by atoms with Gasteiger partial charge in [0.15, 0.2) is 6.04 Å². The summed E-state index contributed by atoms with van der Waals surface area (Å²) in [6, 6.07) is 15.5. The van der Waals surface area contributed by atoms with Crippen LogP contribution < -0.4 is 10.1 Å². The highest BCUT2D eigenvalue weighted by molar-refractivity contribution is 5.84.